The molecule has 0 aliphatic rings. The van der Waals surface area contributed by atoms with Gasteiger partial charge in [-0.1, -0.05) is 18.7 Å². The van der Waals surface area contributed by atoms with E-state index in [-0.39, 0.29) is 6.42 Å². The third-order valence-corrected chi connectivity index (χ3v) is 5.42. The van der Waals surface area contributed by atoms with Crippen LogP contribution < -0.4 is 0 Å². The Balaban J connectivity index is 2.36. The van der Waals surface area contributed by atoms with Crippen molar-refractivity contribution in [3.05, 3.63) is 10.6 Å². The summed E-state index contributed by atoms with van der Waals surface area (Å²) in [5.41, 5.74) is 0.864. The minimum Gasteiger partial charge on any atom is -0.481 e. The first-order valence-electron chi connectivity index (χ1n) is 5.52. The van der Waals surface area contributed by atoms with Gasteiger partial charge in [-0.25, -0.2) is 4.98 Å². The standard InChI is InChI=1S/C11H17NO2S3/c1-3-15-5-4-6-16-11-12-8(2)9(17-11)7-10(13)14/h3-7H2,1-2H3,(H,13,14). The fraction of sp³-hybridized carbons (Fsp3) is 0.636. The van der Waals surface area contributed by atoms with Crippen LogP contribution in [0.2, 0.25) is 0 Å². The van der Waals surface area contributed by atoms with Crippen LogP contribution in [-0.4, -0.2) is 33.3 Å². The van der Waals surface area contributed by atoms with Crippen LogP contribution in [0.15, 0.2) is 4.34 Å². The number of rotatable bonds is 8. The van der Waals surface area contributed by atoms with Gasteiger partial charge < -0.3 is 5.11 Å². The minimum atomic E-state index is -0.785. The van der Waals surface area contributed by atoms with Crippen LogP contribution >= 0.6 is 34.9 Å². The molecule has 0 aliphatic heterocycles. The Hall–Kier alpha value is -0.200. The Morgan fingerprint density at radius 1 is 1.47 bits per heavy atom. The Morgan fingerprint density at radius 3 is 2.88 bits per heavy atom. The summed E-state index contributed by atoms with van der Waals surface area (Å²) < 4.78 is 1.00. The molecule has 1 aromatic heterocycles. The van der Waals surface area contributed by atoms with E-state index < -0.39 is 5.97 Å². The third kappa shape index (κ3) is 5.79. The predicted molar refractivity (Wildman–Crippen MR) is 76.5 cm³/mol. The SMILES string of the molecule is CCSCCCSc1nc(C)c(CC(=O)O)s1. The molecule has 1 rings (SSSR count). The van der Waals surface area contributed by atoms with E-state index in [1.54, 1.807) is 11.8 Å². The summed E-state index contributed by atoms with van der Waals surface area (Å²) in [6.07, 6.45) is 1.27. The lowest BCUT2D eigenvalue weighted by atomic mass is 10.3. The maximum atomic E-state index is 10.6. The lowest BCUT2D eigenvalue weighted by Gasteiger charge is -1.97. The van der Waals surface area contributed by atoms with E-state index in [9.17, 15) is 4.79 Å². The number of hydrogen-bond acceptors (Lipinski definition) is 5. The van der Waals surface area contributed by atoms with E-state index in [0.717, 1.165) is 20.7 Å². The number of aryl methyl sites for hydroxylation is 1. The van der Waals surface area contributed by atoms with Gasteiger partial charge in [-0.2, -0.15) is 11.8 Å². The molecule has 0 radical (unpaired) electrons. The van der Waals surface area contributed by atoms with E-state index in [1.165, 1.54) is 29.3 Å². The largest absolute Gasteiger partial charge is 0.481 e. The number of hydrogen-bond donors (Lipinski definition) is 1. The molecular weight excluding hydrogens is 274 g/mol. The average molecular weight is 291 g/mol. The number of thiazole rings is 1. The smallest absolute Gasteiger partial charge is 0.308 e. The van der Waals surface area contributed by atoms with Gasteiger partial charge >= 0.3 is 5.97 Å². The number of nitrogens with zero attached hydrogens (tertiary/aromatic N) is 1. The van der Waals surface area contributed by atoms with Crippen molar-refractivity contribution in [2.75, 3.05) is 17.3 Å². The van der Waals surface area contributed by atoms with Gasteiger partial charge in [-0.15, -0.1) is 11.3 Å². The molecule has 0 amide bonds. The van der Waals surface area contributed by atoms with Crippen molar-refractivity contribution >= 4 is 40.8 Å². The average Bonchev–Trinajstić information content (AvgIpc) is 2.58. The number of carboxylic acid groups (broad SMARTS) is 1. The van der Waals surface area contributed by atoms with Crippen molar-refractivity contribution in [2.24, 2.45) is 0 Å². The normalized spacial score (nSPS) is 10.7. The number of aliphatic carboxylic acids is 1. The fourth-order valence-electron chi connectivity index (χ4n) is 1.23. The highest BCUT2D eigenvalue weighted by molar-refractivity contribution is 8.01. The second kappa shape index (κ2) is 8.00. The minimum absolute atomic E-state index is 0.0930. The maximum absolute atomic E-state index is 10.6. The van der Waals surface area contributed by atoms with Crippen molar-refractivity contribution in [2.45, 2.75) is 31.0 Å². The van der Waals surface area contributed by atoms with Crippen molar-refractivity contribution in [1.82, 2.24) is 4.98 Å². The first kappa shape index (κ1) is 14.9. The maximum Gasteiger partial charge on any atom is 0.308 e. The fourth-order valence-corrected chi connectivity index (χ4v) is 4.28. The molecule has 6 heteroatoms. The highest BCUT2D eigenvalue weighted by Crippen LogP contribution is 2.28. The quantitative estimate of drug-likeness (QED) is 0.588. The molecule has 0 aromatic carbocycles. The van der Waals surface area contributed by atoms with Crippen LogP contribution in [0.3, 0.4) is 0 Å². The van der Waals surface area contributed by atoms with Crippen molar-refractivity contribution in [3.8, 4) is 0 Å². The van der Waals surface area contributed by atoms with E-state index in [1.807, 2.05) is 18.7 Å². The Morgan fingerprint density at radius 2 is 2.24 bits per heavy atom. The summed E-state index contributed by atoms with van der Waals surface area (Å²) >= 11 is 5.20. The Kier molecular flexibility index (Phi) is 6.99. The second-order valence-corrected chi connectivity index (χ2v) is 7.28. The van der Waals surface area contributed by atoms with Crippen LogP contribution in [0.4, 0.5) is 0 Å². The molecule has 1 N–H and O–H groups in total. The van der Waals surface area contributed by atoms with Crippen LogP contribution in [0, 0.1) is 6.92 Å². The molecule has 0 atom stereocenters. The van der Waals surface area contributed by atoms with Gasteiger partial charge in [0.25, 0.3) is 0 Å². The Bertz CT molecular complexity index is 366. The Labute approximate surface area is 114 Å². The monoisotopic (exact) mass is 291 g/mol. The second-order valence-electron chi connectivity index (χ2n) is 3.46. The van der Waals surface area contributed by atoms with Gasteiger partial charge in [0, 0.05) is 10.6 Å². The topological polar surface area (TPSA) is 50.2 Å². The summed E-state index contributed by atoms with van der Waals surface area (Å²) in [6, 6.07) is 0. The zero-order valence-electron chi connectivity index (χ0n) is 10.1. The highest BCUT2D eigenvalue weighted by atomic mass is 32.2. The first-order valence-corrected chi connectivity index (χ1v) is 8.47. The number of carbonyl (C=O) groups is 1. The van der Waals surface area contributed by atoms with Crippen molar-refractivity contribution in [3.63, 3.8) is 0 Å². The number of aromatic nitrogens is 1. The third-order valence-electron chi connectivity index (χ3n) is 2.05. The van der Waals surface area contributed by atoms with Crippen LogP contribution in [0.1, 0.15) is 23.9 Å². The lowest BCUT2D eigenvalue weighted by Crippen LogP contribution is -1.99. The zero-order chi connectivity index (χ0) is 12.7. The van der Waals surface area contributed by atoms with E-state index in [0.29, 0.717) is 0 Å². The predicted octanol–water partition coefficient (Wildman–Crippen LogP) is 3.31. The van der Waals surface area contributed by atoms with Gasteiger partial charge in [0.1, 0.15) is 4.34 Å². The summed E-state index contributed by atoms with van der Waals surface area (Å²) in [5, 5.41) is 8.74. The van der Waals surface area contributed by atoms with Crippen LogP contribution in [0.5, 0.6) is 0 Å². The molecule has 0 spiro atoms. The van der Waals surface area contributed by atoms with Gasteiger partial charge in [0.05, 0.1) is 12.1 Å². The molecule has 0 bridgehead atoms. The van der Waals surface area contributed by atoms with E-state index in [2.05, 4.69) is 11.9 Å². The molecule has 17 heavy (non-hydrogen) atoms. The highest BCUT2D eigenvalue weighted by Gasteiger charge is 2.10. The van der Waals surface area contributed by atoms with E-state index in [4.69, 9.17) is 5.11 Å². The molecule has 0 aliphatic carbocycles. The number of thioether (sulfide) groups is 2. The lowest BCUT2D eigenvalue weighted by molar-refractivity contribution is -0.136. The zero-order valence-corrected chi connectivity index (χ0v) is 12.5. The molecule has 0 saturated carbocycles. The molecule has 0 fully saturated rings. The molecular formula is C11H17NO2S3. The molecule has 0 unspecified atom stereocenters. The van der Waals surface area contributed by atoms with Gasteiger partial charge in [0.2, 0.25) is 0 Å². The molecule has 3 nitrogen and oxygen atoms in total. The summed E-state index contributed by atoms with van der Waals surface area (Å²) in [5.74, 6) is 2.64. The van der Waals surface area contributed by atoms with Crippen molar-refractivity contribution < 1.29 is 9.90 Å². The van der Waals surface area contributed by atoms with Gasteiger partial charge in [0.15, 0.2) is 0 Å². The summed E-state index contributed by atoms with van der Waals surface area (Å²) in [7, 11) is 0. The molecule has 1 aromatic rings. The number of carboxylic acids is 1. The summed E-state index contributed by atoms with van der Waals surface area (Å²) in [4.78, 5) is 15.9. The van der Waals surface area contributed by atoms with Crippen LogP contribution in [0.25, 0.3) is 0 Å². The molecule has 96 valence electrons. The van der Waals surface area contributed by atoms with E-state index >= 15 is 0 Å². The molecule has 1 heterocycles. The van der Waals surface area contributed by atoms with Crippen molar-refractivity contribution in [1.29, 1.82) is 0 Å². The van der Waals surface area contributed by atoms with Gasteiger partial charge in [-0.3, -0.25) is 4.79 Å². The van der Waals surface area contributed by atoms with Crippen LogP contribution in [-0.2, 0) is 11.2 Å². The first-order chi connectivity index (χ1) is 8.13. The molecule has 0 saturated heterocycles. The van der Waals surface area contributed by atoms with Gasteiger partial charge in [-0.05, 0) is 24.9 Å². The summed E-state index contributed by atoms with van der Waals surface area (Å²) in [6.45, 7) is 4.05.